The first-order valence-corrected chi connectivity index (χ1v) is 8.10. The Bertz CT molecular complexity index is 963. The number of ether oxygens (including phenoxy) is 1. The van der Waals surface area contributed by atoms with Crippen molar-refractivity contribution >= 4 is 16.9 Å². The number of aromatic nitrogens is 1. The van der Waals surface area contributed by atoms with Crippen molar-refractivity contribution in [2.45, 2.75) is 18.5 Å². The molecule has 0 bridgehead atoms. The van der Waals surface area contributed by atoms with Gasteiger partial charge in [-0.2, -0.15) is 0 Å². The highest BCUT2D eigenvalue weighted by molar-refractivity contribution is 5.86. The number of benzene rings is 2. The number of carboxylic acids is 1. The lowest BCUT2D eigenvalue weighted by Crippen LogP contribution is -2.95. The van der Waals surface area contributed by atoms with E-state index in [1.54, 1.807) is 17.4 Å². The quantitative estimate of drug-likeness (QED) is 0.635. The molecule has 0 fully saturated rings. The third-order valence-electron chi connectivity index (χ3n) is 4.87. The molecule has 2 aromatic carbocycles. The molecule has 4 rings (SSSR count). The first kappa shape index (κ1) is 15.5. The summed E-state index contributed by atoms with van der Waals surface area (Å²) in [6, 6.07) is 12.0. The lowest BCUT2D eigenvalue weighted by Gasteiger charge is -2.29. The van der Waals surface area contributed by atoms with Crippen LogP contribution in [0.4, 0.5) is 0 Å². The second-order valence-corrected chi connectivity index (χ2v) is 6.29. The van der Waals surface area contributed by atoms with Crippen molar-refractivity contribution in [3.05, 3.63) is 59.3 Å². The fourth-order valence-corrected chi connectivity index (χ4v) is 3.66. The van der Waals surface area contributed by atoms with E-state index < -0.39 is 12.0 Å². The number of hydrogen-bond donors (Lipinski definition) is 3. The minimum atomic E-state index is -1.08. The molecule has 0 saturated carbocycles. The molecule has 6 nitrogen and oxygen atoms in total. The van der Waals surface area contributed by atoms with Crippen LogP contribution in [0.15, 0.2) is 42.5 Å². The number of aromatic hydroxyl groups is 1. The van der Waals surface area contributed by atoms with Gasteiger partial charge in [0.2, 0.25) is 0 Å². The molecule has 0 aliphatic carbocycles. The van der Waals surface area contributed by atoms with E-state index in [2.05, 4.69) is 4.98 Å². The summed E-state index contributed by atoms with van der Waals surface area (Å²) in [4.78, 5) is 15.0. The van der Waals surface area contributed by atoms with Crippen LogP contribution in [0, 0.1) is 0 Å². The Balaban J connectivity index is 1.87. The van der Waals surface area contributed by atoms with Crippen LogP contribution < -0.4 is 15.2 Å². The van der Waals surface area contributed by atoms with Gasteiger partial charge in [0.05, 0.1) is 18.8 Å². The molecule has 2 atom stereocenters. The number of phenols is 1. The molecule has 25 heavy (non-hydrogen) atoms. The normalized spacial score (nSPS) is 19.6. The molecule has 0 saturated heterocycles. The van der Waals surface area contributed by atoms with E-state index >= 15 is 0 Å². The number of aromatic amines is 1. The summed E-state index contributed by atoms with van der Waals surface area (Å²) >= 11 is 0. The molecule has 4 N–H and O–H groups in total. The molecule has 0 radical (unpaired) electrons. The van der Waals surface area contributed by atoms with Crippen molar-refractivity contribution in [1.82, 2.24) is 4.98 Å². The highest BCUT2D eigenvalue weighted by Crippen LogP contribution is 2.35. The Labute approximate surface area is 144 Å². The number of hydrogen-bond acceptors (Lipinski definition) is 4. The van der Waals surface area contributed by atoms with Gasteiger partial charge in [0, 0.05) is 22.9 Å². The number of carbonyl (C=O) groups is 1. The maximum Gasteiger partial charge on any atom is 0.160 e. The highest BCUT2D eigenvalue weighted by atomic mass is 16.5. The van der Waals surface area contributed by atoms with Crippen LogP contribution in [-0.4, -0.2) is 29.2 Å². The number of fused-ring (bicyclic) bond motifs is 3. The Morgan fingerprint density at radius 1 is 1.32 bits per heavy atom. The fraction of sp³-hybridized carbons (Fsp3) is 0.211. The van der Waals surface area contributed by atoms with Crippen molar-refractivity contribution in [3.63, 3.8) is 0 Å². The van der Waals surface area contributed by atoms with Gasteiger partial charge in [-0.05, 0) is 29.8 Å². The number of phenolic OH excluding ortho intramolecular Hbond substituents is 1. The zero-order valence-electron chi connectivity index (χ0n) is 13.7. The monoisotopic (exact) mass is 338 g/mol. The van der Waals surface area contributed by atoms with Gasteiger partial charge >= 0.3 is 0 Å². The Kier molecular flexibility index (Phi) is 3.62. The summed E-state index contributed by atoms with van der Waals surface area (Å²) in [5.74, 6) is -0.673. The number of nitrogens with two attached hydrogens (primary N) is 1. The van der Waals surface area contributed by atoms with Crippen LogP contribution in [0.2, 0.25) is 0 Å². The third kappa shape index (κ3) is 2.51. The first-order chi connectivity index (χ1) is 12.1. The van der Waals surface area contributed by atoms with Gasteiger partial charge in [-0.15, -0.1) is 0 Å². The topological polar surface area (TPSA) is 102 Å². The van der Waals surface area contributed by atoms with Crippen LogP contribution in [0.3, 0.4) is 0 Å². The summed E-state index contributed by atoms with van der Waals surface area (Å²) in [7, 11) is 1.49. The molecule has 1 aliphatic heterocycles. The van der Waals surface area contributed by atoms with E-state index in [4.69, 9.17) is 4.74 Å². The molecule has 0 amide bonds. The van der Waals surface area contributed by atoms with Gasteiger partial charge in [-0.3, -0.25) is 0 Å². The van der Waals surface area contributed by atoms with Crippen LogP contribution in [-0.2, 0) is 11.2 Å². The van der Waals surface area contributed by atoms with Crippen LogP contribution in [0.5, 0.6) is 11.5 Å². The largest absolute Gasteiger partial charge is 0.544 e. The van der Waals surface area contributed by atoms with Crippen molar-refractivity contribution in [2.24, 2.45) is 0 Å². The number of para-hydroxylation sites is 1. The predicted molar refractivity (Wildman–Crippen MR) is 89.2 cm³/mol. The molecule has 2 heterocycles. The Morgan fingerprint density at radius 2 is 2.12 bits per heavy atom. The number of H-pyrrole nitrogens is 1. The van der Waals surface area contributed by atoms with Gasteiger partial charge in [-0.1, -0.05) is 18.2 Å². The van der Waals surface area contributed by atoms with Crippen molar-refractivity contribution in [1.29, 1.82) is 0 Å². The number of methoxy groups -OCH3 is 1. The fourth-order valence-electron chi connectivity index (χ4n) is 3.66. The SMILES string of the molecule is COc1ccc([C@@H]2[NH2+][C@H](C(=O)[O-])Cc3c2[nH]c2ccccc32)cc1O. The number of carboxylic acid groups (broad SMARTS) is 1. The average Bonchev–Trinajstić information content (AvgIpc) is 2.99. The highest BCUT2D eigenvalue weighted by Gasteiger charge is 2.35. The Hall–Kier alpha value is -2.99. The number of nitrogens with one attached hydrogen (secondary N) is 1. The molecule has 0 spiro atoms. The van der Waals surface area contributed by atoms with E-state index in [1.807, 2.05) is 30.3 Å². The van der Waals surface area contributed by atoms with Crippen LogP contribution >= 0.6 is 0 Å². The maximum absolute atomic E-state index is 11.5. The molecule has 1 aromatic heterocycles. The van der Waals surface area contributed by atoms with Crippen LogP contribution in [0.1, 0.15) is 22.9 Å². The van der Waals surface area contributed by atoms with Gasteiger partial charge in [0.25, 0.3) is 0 Å². The van der Waals surface area contributed by atoms with Gasteiger partial charge < -0.3 is 30.0 Å². The first-order valence-electron chi connectivity index (χ1n) is 8.10. The standard InChI is InChI=1S/C19H18N2O4/c1-25-16-7-6-10(8-15(16)22)17-18-12(9-14(21-17)19(23)24)11-4-2-3-5-13(11)20-18/h2-8,14,17,20-22H,9H2,1H3,(H,23,24)/t14-,17-/m0/s1. The summed E-state index contributed by atoms with van der Waals surface area (Å²) < 4.78 is 5.09. The molecule has 1 aliphatic rings. The van der Waals surface area contributed by atoms with Crippen molar-refractivity contribution < 1.29 is 25.1 Å². The molecular weight excluding hydrogens is 320 g/mol. The lowest BCUT2D eigenvalue weighted by molar-refractivity contribution is -0.717. The molecule has 0 unspecified atom stereocenters. The average molecular weight is 338 g/mol. The van der Waals surface area contributed by atoms with E-state index in [0.717, 1.165) is 27.7 Å². The smallest absolute Gasteiger partial charge is 0.160 e. The van der Waals surface area contributed by atoms with Gasteiger partial charge in [0.1, 0.15) is 6.04 Å². The lowest BCUT2D eigenvalue weighted by atomic mass is 9.90. The maximum atomic E-state index is 11.5. The zero-order chi connectivity index (χ0) is 17.6. The summed E-state index contributed by atoms with van der Waals surface area (Å²) in [5.41, 5.74) is 3.73. The van der Waals surface area contributed by atoms with E-state index in [-0.39, 0.29) is 11.8 Å². The number of carbonyl (C=O) groups excluding carboxylic acids is 1. The summed E-state index contributed by atoms with van der Waals surface area (Å²) in [6.45, 7) is 0. The van der Waals surface area contributed by atoms with E-state index in [9.17, 15) is 15.0 Å². The van der Waals surface area contributed by atoms with Gasteiger partial charge in [0.15, 0.2) is 17.5 Å². The zero-order valence-corrected chi connectivity index (χ0v) is 13.7. The second kappa shape index (κ2) is 5.82. The minimum absolute atomic E-state index is 0.0293. The van der Waals surface area contributed by atoms with E-state index in [0.29, 0.717) is 12.2 Å². The second-order valence-electron chi connectivity index (χ2n) is 6.29. The summed E-state index contributed by atoms with van der Waals surface area (Å²) in [6.07, 6.45) is 0.403. The van der Waals surface area contributed by atoms with Crippen molar-refractivity contribution in [3.8, 4) is 11.5 Å². The minimum Gasteiger partial charge on any atom is -0.544 e. The van der Waals surface area contributed by atoms with Crippen molar-refractivity contribution in [2.75, 3.05) is 7.11 Å². The molecule has 3 aromatic rings. The Morgan fingerprint density at radius 3 is 2.84 bits per heavy atom. The molecule has 128 valence electrons. The third-order valence-corrected chi connectivity index (χ3v) is 4.87. The summed E-state index contributed by atoms with van der Waals surface area (Å²) in [5, 5.41) is 24.5. The van der Waals surface area contributed by atoms with Crippen LogP contribution in [0.25, 0.3) is 10.9 Å². The number of rotatable bonds is 3. The van der Waals surface area contributed by atoms with Gasteiger partial charge in [-0.25, -0.2) is 0 Å². The molecule has 6 heteroatoms. The number of aliphatic carboxylic acids is 1. The predicted octanol–water partition coefficient (Wildman–Crippen LogP) is 0.210. The number of quaternary nitrogens is 1. The molecular formula is C19H18N2O4. The van der Waals surface area contributed by atoms with E-state index in [1.165, 1.54) is 7.11 Å².